The molecule has 11 aromatic rings. The summed E-state index contributed by atoms with van der Waals surface area (Å²) in [6.07, 6.45) is 0. The van der Waals surface area contributed by atoms with Crippen molar-refractivity contribution in [2.24, 2.45) is 0 Å². The number of benzene rings is 9. The Balaban J connectivity index is 1.12. The molecule has 2 nitrogen and oxygen atoms in total. The van der Waals surface area contributed by atoms with Crippen LogP contribution in [0.5, 0.6) is 0 Å². The Morgan fingerprint density at radius 2 is 0.714 bits per heavy atom. The predicted octanol–water partition coefficient (Wildman–Crippen LogP) is 13.9. The van der Waals surface area contributed by atoms with Crippen LogP contribution in [0, 0.1) is 0 Å². The van der Waals surface area contributed by atoms with Crippen molar-refractivity contribution in [2.75, 3.05) is 0 Å². The van der Waals surface area contributed by atoms with Crippen LogP contribution in [0.1, 0.15) is 22.3 Å². The third-order valence-electron chi connectivity index (χ3n) is 12.0. The Morgan fingerprint density at radius 1 is 0.321 bits per heavy atom. The van der Waals surface area contributed by atoms with Gasteiger partial charge in [-0.15, -0.1) is 0 Å². The molecule has 1 aliphatic rings. The Labute approximate surface area is 328 Å². The van der Waals surface area contributed by atoms with Gasteiger partial charge in [-0.25, -0.2) is 0 Å². The number of aromatic nitrogens is 2. The van der Waals surface area contributed by atoms with Gasteiger partial charge >= 0.3 is 0 Å². The van der Waals surface area contributed by atoms with Gasteiger partial charge in [0.25, 0.3) is 0 Å². The van der Waals surface area contributed by atoms with Crippen molar-refractivity contribution in [3.63, 3.8) is 0 Å². The second-order valence-corrected chi connectivity index (χ2v) is 16.0. The lowest BCUT2D eigenvalue weighted by molar-refractivity contribution is 0.704. The van der Waals surface area contributed by atoms with Crippen LogP contribution in [0.4, 0.5) is 0 Å². The van der Waals surface area contributed by atoms with Crippen molar-refractivity contribution in [1.29, 1.82) is 0 Å². The summed E-state index contributed by atoms with van der Waals surface area (Å²) < 4.78 is 4.82. The first kappa shape index (κ1) is 31.5. The predicted molar refractivity (Wildman–Crippen MR) is 235 cm³/mol. The minimum Gasteiger partial charge on any atom is -0.309 e. The first-order valence-electron chi connectivity index (χ1n) is 19.3. The molecule has 0 aliphatic carbocycles. The van der Waals surface area contributed by atoms with Gasteiger partial charge in [0.2, 0.25) is 0 Å². The normalized spacial score (nSPS) is 13.4. The molecule has 0 radical (unpaired) electrons. The van der Waals surface area contributed by atoms with E-state index in [9.17, 15) is 0 Å². The van der Waals surface area contributed by atoms with Gasteiger partial charge in [0.1, 0.15) is 0 Å². The number of rotatable bonds is 4. The van der Waals surface area contributed by atoms with Gasteiger partial charge in [-0.1, -0.05) is 151 Å². The van der Waals surface area contributed by atoms with E-state index in [2.05, 4.69) is 215 Å². The standard InChI is InChI=1S/C53H34N2S/c1-2-14-36-34-52-46(33-35(36)13-1)53(45-19-7-12-24-51(45)56-52,37-25-29-39(30-26-37)54-47-20-8-3-15-41(47)42-16-4-9-21-48(42)54)38-27-31-40(32-28-38)55-49-22-10-5-17-43(49)44-18-6-11-23-50(44)55/h1-34H. The average molecular weight is 731 g/mol. The lowest BCUT2D eigenvalue weighted by atomic mass is 9.64. The van der Waals surface area contributed by atoms with E-state index in [0.29, 0.717) is 0 Å². The summed E-state index contributed by atoms with van der Waals surface area (Å²) in [6, 6.07) is 76.5. The largest absolute Gasteiger partial charge is 0.309 e. The van der Waals surface area contributed by atoms with Crippen molar-refractivity contribution in [1.82, 2.24) is 9.13 Å². The zero-order valence-electron chi connectivity index (χ0n) is 30.4. The summed E-state index contributed by atoms with van der Waals surface area (Å²) in [5.41, 5.74) is 11.7. The smallest absolute Gasteiger partial charge is 0.0723 e. The molecule has 0 unspecified atom stereocenters. The first-order valence-corrected chi connectivity index (χ1v) is 20.1. The maximum atomic E-state index is 2.45. The second kappa shape index (κ2) is 12.1. The summed E-state index contributed by atoms with van der Waals surface area (Å²) in [5, 5.41) is 7.59. The molecule has 0 atom stereocenters. The first-order chi connectivity index (χ1) is 27.8. The van der Waals surface area contributed by atoms with E-state index in [4.69, 9.17) is 0 Å². The molecule has 0 saturated carbocycles. The van der Waals surface area contributed by atoms with Gasteiger partial charge in [0.15, 0.2) is 0 Å². The molecule has 262 valence electrons. The van der Waals surface area contributed by atoms with E-state index < -0.39 is 5.41 Å². The van der Waals surface area contributed by atoms with Crippen molar-refractivity contribution >= 4 is 66.1 Å². The van der Waals surface area contributed by atoms with Crippen LogP contribution >= 0.6 is 11.8 Å². The molecule has 0 N–H and O–H groups in total. The SMILES string of the molecule is c1ccc2c(c1)Sc1cc3ccccc3cc1C2(c1ccc(-n2c3ccccc3c3ccccc32)cc1)c1ccc(-n2c3ccccc3c3ccccc32)cc1. The fourth-order valence-corrected chi connectivity index (χ4v) is 10.9. The van der Waals surface area contributed by atoms with Crippen molar-refractivity contribution in [2.45, 2.75) is 15.2 Å². The van der Waals surface area contributed by atoms with Gasteiger partial charge in [-0.05, 0) is 99.8 Å². The summed E-state index contributed by atoms with van der Waals surface area (Å²) in [4.78, 5) is 2.58. The zero-order chi connectivity index (χ0) is 36.8. The highest BCUT2D eigenvalue weighted by molar-refractivity contribution is 7.99. The van der Waals surface area contributed by atoms with Crippen molar-refractivity contribution < 1.29 is 0 Å². The van der Waals surface area contributed by atoms with E-state index in [1.54, 1.807) is 0 Å². The van der Waals surface area contributed by atoms with Crippen LogP contribution in [0.25, 0.3) is 65.8 Å². The fraction of sp³-hybridized carbons (Fsp3) is 0.0189. The fourth-order valence-electron chi connectivity index (χ4n) is 9.64. The molecule has 0 saturated heterocycles. The monoisotopic (exact) mass is 730 g/mol. The van der Waals surface area contributed by atoms with Gasteiger partial charge in [0, 0.05) is 42.7 Å². The second-order valence-electron chi connectivity index (χ2n) is 14.9. The van der Waals surface area contributed by atoms with Gasteiger partial charge in [-0.2, -0.15) is 0 Å². The molecular formula is C53H34N2S. The summed E-state index contributed by atoms with van der Waals surface area (Å²) in [5.74, 6) is 0. The molecule has 1 aliphatic heterocycles. The molecule has 3 heterocycles. The van der Waals surface area contributed by atoms with Crippen LogP contribution in [0.15, 0.2) is 216 Å². The summed E-state index contributed by atoms with van der Waals surface area (Å²) in [7, 11) is 0. The molecule has 12 rings (SSSR count). The van der Waals surface area contributed by atoms with E-state index in [-0.39, 0.29) is 0 Å². The molecular weight excluding hydrogens is 697 g/mol. The Bertz CT molecular complexity index is 3070. The van der Waals surface area contributed by atoms with E-state index >= 15 is 0 Å². The molecule has 0 bridgehead atoms. The van der Waals surface area contributed by atoms with E-state index in [0.717, 1.165) is 11.4 Å². The number of fused-ring (bicyclic) bond motifs is 9. The lowest BCUT2D eigenvalue weighted by Crippen LogP contribution is -2.34. The summed E-state index contributed by atoms with van der Waals surface area (Å²) in [6.45, 7) is 0. The molecule has 56 heavy (non-hydrogen) atoms. The van der Waals surface area contributed by atoms with Gasteiger partial charge < -0.3 is 9.13 Å². The average Bonchev–Trinajstić information content (AvgIpc) is 3.78. The molecule has 9 aromatic carbocycles. The highest BCUT2D eigenvalue weighted by atomic mass is 32.2. The maximum Gasteiger partial charge on any atom is 0.0723 e. The number of hydrogen-bond acceptors (Lipinski definition) is 1. The molecule has 0 amide bonds. The molecule has 3 heteroatoms. The Hall–Kier alpha value is -6.81. The number of hydrogen-bond donors (Lipinski definition) is 0. The molecule has 0 spiro atoms. The third kappa shape index (κ3) is 4.40. The maximum absolute atomic E-state index is 2.45. The molecule has 2 aromatic heterocycles. The number of nitrogens with zero attached hydrogens (tertiary/aromatic N) is 2. The number of para-hydroxylation sites is 4. The van der Waals surface area contributed by atoms with Gasteiger partial charge in [-0.3, -0.25) is 0 Å². The highest BCUT2D eigenvalue weighted by Gasteiger charge is 2.44. The van der Waals surface area contributed by atoms with Crippen LogP contribution in [0.3, 0.4) is 0 Å². The van der Waals surface area contributed by atoms with E-state index in [1.165, 1.54) is 86.4 Å². The van der Waals surface area contributed by atoms with Crippen molar-refractivity contribution in [3.8, 4) is 11.4 Å². The van der Waals surface area contributed by atoms with Crippen molar-refractivity contribution in [3.05, 3.63) is 229 Å². The van der Waals surface area contributed by atoms with Crippen LogP contribution < -0.4 is 0 Å². The minimum atomic E-state index is -0.570. The van der Waals surface area contributed by atoms with Crippen LogP contribution in [-0.4, -0.2) is 9.13 Å². The van der Waals surface area contributed by atoms with E-state index in [1.807, 2.05) is 11.8 Å². The quantitative estimate of drug-likeness (QED) is 0.175. The lowest BCUT2D eigenvalue weighted by Gasteiger charge is -2.42. The Kier molecular flexibility index (Phi) is 6.81. The molecule has 0 fully saturated rings. The third-order valence-corrected chi connectivity index (χ3v) is 13.2. The van der Waals surface area contributed by atoms with Crippen LogP contribution in [0.2, 0.25) is 0 Å². The van der Waals surface area contributed by atoms with Gasteiger partial charge in [0.05, 0.1) is 27.5 Å². The topological polar surface area (TPSA) is 9.86 Å². The summed E-state index contributed by atoms with van der Waals surface area (Å²) >= 11 is 1.89. The highest BCUT2D eigenvalue weighted by Crippen LogP contribution is 2.56. The van der Waals surface area contributed by atoms with Crippen LogP contribution in [-0.2, 0) is 5.41 Å². The zero-order valence-corrected chi connectivity index (χ0v) is 31.2. The minimum absolute atomic E-state index is 0.570. The Morgan fingerprint density at radius 3 is 1.20 bits per heavy atom.